The largest absolute Gasteiger partial charge is 0.396 e. The monoisotopic (exact) mass is 399 g/mol. The average Bonchev–Trinajstić information content (AvgIpc) is 2.72. The zero-order valence-corrected chi connectivity index (χ0v) is 15.7. The second-order valence-electron chi connectivity index (χ2n) is 6.78. The molecule has 0 spiro atoms. The summed E-state index contributed by atoms with van der Waals surface area (Å²) in [6, 6.07) is 7.31. The van der Waals surface area contributed by atoms with Crippen molar-refractivity contribution in [3.05, 3.63) is 70.3 Å². The van der Waals surface area contributed by atoms with Gasteiger partial charge in [0.05, 0.1) is 30.7 Å². The predicted octanol–water partition coefficient (Wildman–Crippen LogP) is 2.28. The van der Waals surface area contributed by atoms with Crippen molar-refractivity contribution in [1.82, 2.24) is 14.5 Å². The van der Waals surface area contributed by atoms with E-state index in [0.29, 0.717) is 31.2 Å². The number of ether oxygens (including phenoxy) is 1. The van der Waals surface area contributed by atoms with Crippen LogP contribution in [0.25, 0.3) is 11.3 Å². The van der Waals surface area contributed by atoms with E-state index in [1.54, 1.807) is 13.1 Å². The maximum Gasteiger partial charge on any atom is 0.255 e. The first-order valence-corrected chi connectivity index (χ1v) is 9.03. The number of hydrogen-bond acceptors (Lipinski definition) is 6. The molecule has 1 fully saturated rings. The van der Waals surface area contributed by atoms with Crippen molar-refractivity contribution in [2.75, 3.05) is 30.3 Å². The van der Waals surface area contributed by atoms with Gasteiger partial charge in [-0.05, 0) is 23.8 Å². The molecule has 2 aromatic heterocycles. The Labute approximate surface area is 165 Å². The van der Waals surface area contributed by atoms with Gasteiger partial charge in [0, 0.05) is 31.4 Å². The predicted molar refractivity (Wildman–Crippen MR) is 104 cm³/mol. The molecule has 3 aromatic rings. The quantitative estimate of drug-likeness (QED) is 0.680. The summed E-state index contributed by atoms with van der Waals surface area (Å²) in [6.07, 6.45) is 2.10. The van der Waals surface area contributed by atoms with Gasteiger partial charge in [0.2, 0.25) is 5.95 Å². The van der Waals surface area contributed by atoms with E-state index in [1.807, 2.05) is 4.90 Å². The number of morpholine rings is 1. The first-order chi connectivity index (χ1) is 13.9. The zero-order valence-electron chi connectivity index (χ0n) is 15.7. The molecule has 0 amide bonds. The van der Waals surface area contributed by atoms with Gasteiger partial charge in [-0.2, -0.15) is 0 Å². The van der Waals surface area contributed by atoms with Gasteiger partial charge in [-0.3, -0.25) is 14.3 Å². The van der Waals surface area contributed by atoms with Gasteiger partial charge in [-0.15, -0.1) is 0 Å². The Morgan fingerprint density at radius 3 is 2.79 bits per heavy atom. The second kappa shape index (κ2) is 7.59. The highest BCUT2D eigenvalue weighted by atomic mass is 19.1. The van der Waals surface area contributed by atoms with E-state index in [1.165, 1.54) is 35.0 Å². The van der Waals surface area contributed by atoms with E-state index in [2.05, 4.69) is 9.97 Å². The van der Waals surface area contributed by atoms with Crippen molar-refractivity contribution < 1.29 is 13.5 Å². The standard InChI is InChI=1S/C20H19F2N5O2/c1-26-19(28)9-17(13-4-5-24-10-15(13)22)25-20(26)27-6-7-29-18(11-27)12-2-3-16(23)14(21)8-12/h2-5,8-10,18H,6-7,11,23H2,1H3/t18-/m1/s1. The number of pyridine rings is 1. The number of nitrogen functional groups attached to an aromatic ring is 1. The molecule has 1 aliphatic rings. The minimum atomic E-state index is -0.559. The van der Waals surface area contributed by atoms with Gasteiger partial charge in [0.25, 0.3) is 5.56 Å². The van der Waals surface area contributed by atoms with Gasteiger partial charge in [0.1, 0.15) is 11.9 Å². The Balaban J connectivity index is 1.69. The maximum absolute atomic E-state index is 14.1. The molecule has 1 atom stereocenters. The molecule has 1 saturated heterocycles. The fourth-order valence-electron chi connectivity index (χ4n) is 3.31. The lowest BCUT2D eigenvalue weighted by Crippen LogP contribution is -2.41. The fourth-order valence-corrected chi connectivity index (χ4v) is 3.31. The topological polar surface area (TPSA) is 86.3 Å². The molecule has 29 heavy (non-hydrogen) atoms. The highest BCUT2D eigenvalue weighted by molar-refractivity contribution is 5.60. The summed E-state index contributed by atoms with van der Waals surface area (Å²) in [4.78, 5) is 22.6. The number of nitrogens with two attached hydrogens (primary N) is 1. The SMILES string of the molecule is Cn1c(N2CCO[C@@H](c3ccc(N)c(F)c3)C2)nc(-c2ccncc2F)cc1=O. The van der Waals surface area contributed by atoms with Gasteiger partial charge in [0.15, 0.2) is 5.82 Å². The number of anilines is 2. The highest BCUT2D eigenvalue weighted by Gasteiger charge is 2.26. The molecule has 2 N–H and O–H groups in total. The van der Waals surface area contributed by atoms with E-state index in [4.69, 9.17) is 10.5 Å². The van der Waals surface area contributed by atoms with Crippen LogP contribution in [0.2, 0.25) is 0 Å². The summed E-state index contributed by atoms with van der Waals surface area (Å²) in [5, 5.41) is 0. The molecule has 4 rings (SSSR count). The Morgan fingerprint density at radius 2 is 2.03 bits per heavy atom. The smallest absolute Gasteiger partial charge is 0.255 e. The second-order valence-corrected chi connectivity index (χ2v) is 6.78. The van der Waals surface area contributed by atoms with Gasteiger partial charge in [-0.25, -0.2) is 13.8 Å². The average molecular weight is 399 g/mol. The maximum atomic E-state index is 14.1. The number of rotatable bonds is 3. The number of hydrogen-bond donors (Lipinski definition) is 1. The number of nitrogens with zero attached hydrogens (tertiary/aromatic N) is 4. The van der Waals surface area contributed by atoms with Crippen molar-refractivity contribution in [3.63, 3.8) is 0 Å². The van der Waals surface area contributed by atoms with Crippen LogP contribution in [0.5, 0.6) is 0 Å². The van der Waals surface area contributed by atoms with E-state index >= 15 is 0 Å². The fraction of sp³-hybridized carbons (Fsp3) is 0.250. The van der Waals surface area contributed by atoms with Gasteiger partial charge in [-0.1, -0.05) is 6.07 Å². The summed E-state index contributed by atoms with van der Waals surface area (Å²) < 4.78 is 35.2. The molecule has 0 bridgehead atoms. The molecule has 7 nitrogen and oxygen atoms in total. The van der Waals surface area contributed by atoms with Crippen LogP contribution in [0.4, 0.5) is 20.4 Å². The van der Waals surface area contributed by atoms with Crippen LogP contribution < -0.4 is 16.2 Å². The van der Waals surface area contributed by atoms with Crippen LogP contribution in [-0.4, -0.2) is 34.2 Å². The molecule has 0 aliphatic carbocycles. The summed E-state index contributed by atoms with van der Waals surface area (Å²) in [5.41, 5.74) is 6.36. The third-order valence-electron chi connectivity index (χ3n) is 4.91. The van der Waals surface area contributed by atoms with E-state index in [0.717, 1.165) is 6.20 Å². The minimum Gasteiger partial charge on any atom is -0.396 e. The van der Waals surface area contributed by atoms with Crippen LogP contribution in [0.3, 0.4) is 0 Å². The summed E-state index contributed by atoms with van der Waals surface area (Å²) >= 11 is 0. The van der Waals surface area contributed by atoms with Gasteiger partial charge >= 0.3 is 0 Å². The van der Waals surface area contributed by atoms with E-state index in [-0.39, 0.29) is 22.5 Å². The van der Waals surface area contributed by atoms with Crippen LogP contribution in [0.15, 0.2) is 47.5 Å². The van der Waals surface area contributed by atoms with Crippen molar-refractivity contribution >= 4 is 11.6 Å². The lowest BCUT2D eigenvalue weighted by atomic mass is 10.1. The van der Waals surface area contributed by atoms with E-state index < -0.39 is 17.7 Å². The number of aromatic nitrogens is 3. The molecular weight excluding hydrogens is 380 g/mol. The van der Waals surface area contributed by atoms with Crippen LogP contribution in [-0.2, 0) is 11.8 Å². The third-order valence-corrected chi connectivity index (χ3v) is 4.91. The lowest BCUT2D eigenvalue weighted by Gasteiger charge is -2.34. The normalized spacial score (nSPS) is 16.8. The Hall–Kier alpha value is -3.33. The Bertz CT molecular complexity index is 1120. The van der Waals surface area contributed by atoms with Crippen LogP contribution >= 0.6 is 0 Å². The van der Waals surface area contributed by atoms with Crippen LogP contribution in [0.1, 0.15) is 11.7 Å². The Morgan fingerprint density at radius 1 is 1.21 bits per heavy atom. The zero-order chi connectivity index (χ0) is 20.5. The van der Waals surface area contributed by atoms with Crippen molar-refractivity contribution in [2.24, 2.45) is 7.05 Å². The summed E-state index contributed by atoms with van der Waals surface area (Å²) in [7, 11) is 1.60. The first kappa shape index (κ1) is 19.0. The van der Waals surface area contributed by atoms with Gasteiger partial charge < -0.3 is 15.4 Å². The number of halogens is 2. The third kappa shape index (κ3) is 3.68. The molecule has 9 heteroatoms. The van der Waals surface area contributed by atoms with E-state index in [9.17, 15) is 13.6 Å². The highest BCUT2D eigenvalue weighted by Crippen LogP contribution is 2.28. The molecule has 3 heterocycles. The van der Waals surface area contributed by atoms with Crippen molar-refractivity contribution in [2.45, 2.75) is 6.10 Å². The summed E-state index contributed by atoms with van der Waals surface area (Å²) in [5.74, 6) is -0.687. The summed E-state index contributed by atoms with van der Waals surface area (Å²) in [6.45, 7) is 1.20. The molecule has 150 valence electrons. The lowest BCUT2D eigenvalue weighted by molar-refractivity contribution is 0.0388. The molecule has 1 aromatic carbocycles. The molecule has 0 saturated carbocycles. The molecule has 1 aliphatic heterocycles. The van der Waals surface area contributed by atoms with Crippen molar-refractivity contribution in [3.8, 4) is 11.3 Å². The minimum absolute atomic E-state index is 0.0672. The Kier molecular flexibility index (Phi) is 4.98. The molecular formula is C20H19F2N5O2. The first-order valence-electron chi connectivity index (χ1n) is 9.03. The van der Waals surface area contributed by atoms with Crippen molar-refractivity contribution in [1.29, 1.82) is 0 Å². The molecule has 0 unspecified atom stereocenters. The molecule has 0 radical (unpaired) electrons. The number of benzene rings is 1. The van der Waals surface area contributed by atoms with Crippen LogP contribution in [0, 0.1) is 11.6 Å².